The Bertz CT molecular complexity index is 928. The molecule has 5 nitrogen and oxygen atoms in total. The second kappa shape index (κ2) is 9.18. The van der Waals surface area contributed by atoms with Gasteiger partial charge in [0.05, 0.1) is 17.5 Å². The lowest BCUT2D eigenvalue weighted by molar-refractivity contribution is 0.154. The van der Waals surface area contributed by atoms with Crippen LogP contribution in [0.15, 0.2) is 41.3 Å². The Morgan fingerprint density at radius 1 is 1.29 bits per heavy atom. The highest BCUT2D eigenvalue weighted by Gasteiger charge is 2.14. The number of ether oxygens (including phenoxy) is 1. The van der Waals surface area contributed by atoms with Crippen molar-refractivity contribution in [2.75, 3.05) is 6.61 Å². The van der Waals surface area contributed by atoms with Gasteiger partial charge in [-0.2, -0.15) is 5.10 Å². The van der Waals surface area contributed by atoms with Crippen molar-refractivity contribution in [3.8, 4) is 23.5 Å². The molecule has 0 saturated heterocycles. The predicted octanol–water partition coefficient (Wildman–Crippen LogP) is 4.91. The summed E-state index contributed by atoms with van der Waals surface area (Å²) >= 11 is 0. The topological polar surface area (TPSA) is 48.6 Å². The number of oxime groups is 1. The van der Waals surface area contributed by atoms with E-state index in [2.05, 4.69) is 22.1 Å². The normalized spacial score (nSPS) is 12.0. The number of aryl methyl sites for hydroxylation is 2. The van der Waals surface area contributed by atoms with Crippen molar-refractivity contribution in [1.29, 1.82) is 0 Å². The van der Waals surface area contributed by atoms with Gasteiger partial charge >= 0.3 is 0 Å². The van der Waals surface area contributed by atoms with Gasteiger partial charge in [0.2, 0.25) is 5.88 Å². The molecule has 0 aliphatic carbocycles. The number of rotatable bonds is 6. The molecule has 0 amide bonds. The quantitative estimate of drug-likeness (QED) is 0.402. The van der Waals surface area contributed by atoms with Crippen LogP contribution in [0.4, 0.5) is 8.78 Å². The van der Waals surface area contributed by atoms with Gasteiger partial charge in [-0.05, 0) is 52.0 Å². The largest absolute Gasteiger partial charge is 0.439 e. The fourth-order valence-corrected chi connectivity index (χ4v) is 2.10. The minimum atomic E-state index is -0.528. The van der Waals surface area contributed by atoms with Crippen LogP contribution in [-0.2, 0) is 11.9 Å². The summed E-state index contributed by atoms with van der Waals surface area (Å²) in [5, 5.41) is 8.05. The number of aromatic nitrogens is 2. The van der Waals surface area contributed by atoms with Crippen molar-refractivity contribution in [2.24, 2.45) is 17.6 Å². The molecule has 2 aromatic rings. The van der Waals surface area contributed by atoms with Gasteiger partial charge in [-0.1, -0.05) is 17.0 Å². The van der Waals surface area contributed by atoms with Gasteiger partial charge < -0.3 is 9.57 Å². The number of allylic oxidation sites excluding steroid dienone is 1. The average Bonchev–Trinajstić information content (AvgIpc) is 2.86. The maximum atomic E-state index is 13.7. The van der Waals surface area contributed by atoms with E-state index >= 15 is 0 Å². The van der Waals surface area contributed by atoms with E-state index < -0.39 is 5.83 Å². The third-order valence-electron chi connectivity index (χ3n) is 3.38. The van der Waals surface area contributed by atoms with Gasteiger partial charge in [0.15, 0.2) is 6.61 Å². The molecule has 0 unspecified atom stereocenters. The summed E-state index contributed by atoms with van der Waals surface area (Å²) in [4.78, 5) is 4.98. The summed E-state index contributed by atoms with van der Waals surface area (Å²) in [5.41, 5.74) is 1.02. The number of hydrogen-bond donors (Lipinski definition) is 0. The first-order chi connectivity index (χ1) is 13.2. The minimum Gasteiger partial charge on any atom is -0.439 e. The Morgan fingerprint density at radius 3 is 2.61 bits per heavy atom. The Kier molecular flexibility index (Phi) is 6.94. The van der Waals surface area contributed by atoms with Crippen LogP contribution >= 0.6 is 0 Å². The van der Waals surface area contributed by atoms with Crippen molar-refractivity contribution in [3.05, 3.63) is 53.2 Å². The van der Waals surface area contributed by atoms with E-state index in [0.29, 0.717) is 22.9 Å². The molecule has 0 fully saturated rings. The Labute approximate surface area is 163 Å². The molecular formula is C21H23F2N3O2. The van der Waals surface area contributed by atoms with E-state index in [1.165, 1.54) is 41.2 Å². The smallest absolute Gasteiger partial charge is 0.226 e. The van der Waals surface area contributed by atoms with Gasteiger partial charge in [0.1, 0.15) is 17.4 Å². The lowest BCUT2D eigenvalue weighted by Crippen LogP contribution is -1.99. The van der Waals surface area contributed by atoms with Crippen molar-refractivity contribution in [2.45, 2.75) is 27.7 Å². The van der Waals surface area contributed by atoms with Crippen LogP contribution in [0.1, 0.15) is 32.0 Å². The van der Waals surface area contributed by atoms with Crippen molar-refractivity contribution in [1.82, 2.24) is 9.78 Å². The molecule has 1 aromatic carbocycles. The first kappa shape index (κ1) is 21.2. The van der Waals surface area contributed by atoms with Gasteiger partial charge in [0, 0.05) is 18.5 Å². The minimum absolute atomic E-state index is 0.200. The predicted molar refractivity (Wildman–Crippen MR) is 104 cm³/mol. The summed E-state index contributed by atoms with van der Waals surface area (Å²) in [6.07, 6.45) is 2.56. The second-order valence-electron chi connectivity index (χ2n) is 7.10. The molecule has 0 radical (unpaired) electrons. The van der Waals surface area contributed by atoms with Crippen molar-refractivity contribution < 1.29 is 18.4 Å². The Morgan fingerprint density at radius 2 is 1.96 bits per heavy atom. The lowest BCUT2D eigenvalue weighted by atomic mass is 9.98. The van der Waals surface area contributed by atoms with Crippen LogP contribution in [0.3, 0.4) is 0 Å². The molecule has 0 spiro atoms. The summed E-state index contributed by atoms with van der Waals surface area (Å²) < 4.78 is 34.0. The molecule has 0 N–H and O–H groups in total. The molecule has 1 aromatic heterocycles. The average molecular weight is 387 g/mol. The van der Waals surface area contributed by atoms with Crippen LogP contribution in [0.2, 0.25) is 0 Å². The fraction of sp³-hybridized carbons (Fsp3) is 0.333. The van der Waals surface area contributed by atoms with Gasteiger partial charge in [-0.25, -0.2) is 13.5 Å². The highest BCUT2D eigenvalue weighted by Crippen LogP contribution is 2.26. The van der Waals surface area contributed by atoms with E-state index in [4.69, 9.17) is 9.57 Å². The van der Waals surface area contributed by atoms with E-state index in [1.807, 2.05) is 20.8 Å². The fourth-order valence-electron chi connectivity index (χ4n) is 2.10. The molecule has 28 heavy (non-hydrogen) atoms. The Balaban J connectivity index is 2.04. The molecule has 0 atom stereocenters. The van der Waals surface area contributed by atoms with E-state index in [1.54, 1.807) is 14.0 Å². The molecule has 148 valence electrons. The molecular weight excluding hydrogens is 364 g/mol. The van der Waals surface area contributed by atoms with E-state index in [0.717, 1.165) is 0 Å². The zero-order valence-electron chi connectivity index (χ0n) is 16.6. The molecule has 0 aliphatic rings. The summed E-state index contributed by atoms with van der Waals surface area (Å²) in [6.45, 7) is 7.27. The first-order valence-electron chi connectivity index (χ1n) is 8.65. The second-order valence-corrected chi connectivity index (χ2v) is 7.10. The zero-order chi connectivity index (χ0) is 20.7. The highest BCUT2D eigenvalue weighted by atomic mass is 19.1. The van der Waals surface area contributed by atoms with Gasteiger partial charge in [-0.15, -0.1) is 0 Å². The van der Waals surface area contributed by atoms with Gasteiger partial charge in [-0.3, -0.25) is 0 Å². The zero-order valence-corrected chi connectivity index (χ0v) is 16.6. The van der Waals surface area contributed by atoms with E-state index in [-0.39, 0.29) is 17.8 Å². The number of hydrogen-bond acceptors (Lipinski definition) is 4. The number of nitrogens with zero attached hydrogens (tertiary/aromatic N) is 3. The molecule has 2 rings (SSSR count). The van der Waals surface area contributed by atoms with Crippen molar-refractivity contribution in [3.63, 3.8) is 0 Å². The monoisotopic (exact) mass is 387 g/mol. The SMILES string of the molecule is Cc1nn(C)c(Oc2ccc(F)cc2)c1C=NOCC(F)=CC#CC(C)(C)C. The molecule has 1 heterocycles. The maximum Gasteiger partial charge on any atom is 0.226 e. The molecule has 0 saturated carbocycles. The standard InChI is InChI=1S/C21H23F2N3O2/c1-15-19(13-24-27-14-17(23)7-6-12-21(2,3)4)20(26(5)25-15)28-18-10-8-16(22)9-11-18/h7-11,13H,14H2,1-5H3. The van der Waals surface area contributed by atoms with Crippen LogP contribution in [0, 0.1) is 30.0 Å². The lowest BCUT2D eigenvalue weighted by Gasteiger charge is -2.06. The third-order valence-corrected chi connectivity index (χ3v) is 3.38. The van der Waals surface area contributed by atoms with Crippen LogP contribution in [0.5, 0.6) is 11.6 Å². The molecule has 0 bridgehead atoms. The molecule has 0 aliphatic heterocycles. The van der Waals surface area contributed by atoms with Crippen LogP contribution in [-0.4, -0.2) is 22.6 Å². The van der Waals surface area contributed by atoms with Crippen LogP contribution in [0.25, 0.3) is 0 Å². The number of benzene rings is 1. The summed E-state index contributed by atoms with van der Waals surface area (Å²) in [7, 11) is 1.71. The van der Waals surface area contributed by atoms with Crippen molar-refractivity contribution >= 4 is 6.21 Å². The number of halogens is 2. The molecule has 7 heteroatoms. The third kappa shape index (κ3) is 6.54. The van der Waals surface area contributed by atoms with Gasteiger partial charge in [0.25, 0.3) is 0 Å². The van der Waals surface area contributed by atoms with Crippen LogP contribution < -0.4 is 4.74 Å². The highest BCUT2D eigenvalue weighted by molar-refractivity contribution is 5.84. The summed E-state index contributed by atoms with van der Waals surface area (Å²) in [5.74, 6) is 5.53. The summed E-state index contributed by atoms with van der Waals surface area (Å²) in [6, 6.07) is 5.61. The first-order valence-corrected chi connectivity index (χ1v) is 8.65. The maximum absolute atomic E-state index is 13.7. The Hall–Kier alpha value is -3.14. The van der Waals surface area contributed by atoms with E-state index in [9.17, 15) is 8.78 Å².